The van der Waals surface area contributed by atoms with E-state index in [1.165, 1.54) is 44.9 Å². The van der Waals surface area contributed by atoms with Gasteiger partial charge < -0.3 is 9.57 Å². The molecule has 1 spiro atoms. The van der Waals surface area contributed by atoms with E-state index in [2.05, 4.69) is 5.16 Å². The van der Waals surface area contributed by atoms with Gasteiger partial charge in [0.1, 0.15) is 5.60 Å². The molecule has 0 amide bonds. The summed E-state index contributed by atoms with van der Waals surface area (Å²) in [7, 11) is 0. The van der Waals surface area contributed by atoms with Crippen molar-refractivity contribution in [3.63, 3.8) is 0 Å². The van der Waals surface area contributed by atoms with Crippen LogP contribution in [0, 0.1) is 11.8 Å². The van der Waals surface area contributed by atoms with E-state index >= 15 is 0 Å². The third kappa shape index (κ3) is 3.24. The molecule has 3 rings (SSSR count). The van der Waals surface area contributed by atoms with E-state index in [0.29, 0.717) is 18.7 Å². The fourth-order valence-corrected chi connectivity index (χ4v) is 4.36. The van der Waals surface area contributed by atoms with Gasteiger partial charge >= 0.3 is 5.97 Å². The first-order valence-corrected chi connectivity index (χ1v) is 8.64. The molecule has 0 aromatic heterocycles. The van der Waals surface area contributed by atoms with Gasteiger partial charge in [-0.3, -0.25) is 0 Å². The maximum absolute atomic E-state index is 11.7. The summed E-state index contributed by atoms with van der Waals surface area (Å²) in [6, 6.07) is 0. The van der Waals surface area contributed by atoms with Gasteiger partial charge in [-0.1, -0.05) is 37.3 Å². The maximum Gasteiger partial charge on any atom is 0.356 e. The van der Waals surface area contributed by atoms with E-state index in [9.17, 15) is 4.79 Å². The number of esters is 1. The minimum atomic E-state index is -0.302. The van der Waals surface area contributed by atoms with Gasteiger partial charge in [-0.25, -0.2) is 4.79 Å². The van der Waals surface area contributed by atoms with Crippen LogP contribution in [0.2, 0.25) is 0 Å². The molecule has 0 aromatic carbocycles. The van der Waals surface area contributed by atoms with Crippen LogP contribution >= 0.6 is 0 Å². The molecule has 2 aliphatic carbocycles. The molecule has 0 aromatic rings. The maximum atomic E-state index is 11.7. The first-order chi connectivity index (χ1) is 10.2. The number of ether oxygens (including phenoxy) is 1. The first kappa shape index (κ1) is 14.9. The fraction of sp³-hybridized carbons (Fsp3) is 0.882. The van der Waals surface area contributed by atoms with Crippen molar-refractivity contribution < 1.29 is 14.4 Å². The zero-order valence-electron chi connectivity index (χ0n) is 13.1. The van der Waals surface area contributed by atoms with Crippen molar-refractivity contribution in [2.45, 2.75) is 76.7 Å². The van der Waals surface area contributed by atoms with Crippen LogP contribution in [0.5, 0.6) is 0 Å². The van der Waals surface area contributed by atoms with Gasteiger partial charge in [-0.05, 0) is 44.4 Å². The second kappa shape index (κ2) is 6.37. The fourth-order valence-electron chi connectivity index (χ4n) is 4.36. The van der Waals surface area contributed by atoms with E-state index in [-0.39, 0.29) is 11.6 Å². The number of carbonyl (C=O) groups excluding carboxylic acids is 1. The Balaban J connectivity index is 1.51. The van der Waals surface area contributed by atoms with E-state index in [1.54, 1.807) is 0 Å². The van der Waals surface area contributed by atoms with Crippen molar-refractivity contribution in [1.82, 2.24) is 0 Å². The Morgan fingerprint density at radius 1 is 1.19 bits per heavy atom. The quantitative estimate of drug-likeness (QED) is 0.743. The Kier molecular flexibility index (Phi) is 4.51. The Morgan fingerprint density at radius 3 is 2.52 bits per heavy atom. The van der Waals surface area contributed by atoms with Crippen molar-refractivity contribution >= 4 is 11.7 Å². The number of hydrogen-bond donors (Lipinski definition) is 0. The summed E-state index contributed by atoms with van der Waals surface area (Å²) in [5.41, 5.74) is 0.278. The predicted octanol–water partition coefficient (Wildman–Crippen LogP) is 3.84. The van der Waals surface area contributed by atoms with Gasteiger partial charge in [-0.2, -0.15) is 0 Å². The van der Waals surface area contributed by atoms with Gasteiger partial charge in [0.15, 0.2) is 5.71 Å². The SMILES string of the molecule is CCOC(=O)C1=NOC2(CCC(C3CCCCC3)CC2)C1. The van der Waals surface area contributed by atoms with E-state index in [0.717, 1.165) is 24.7 Å². The molecule has 0 atom stereocenters. The highest BCUT2D eigenvalue weighted by Gasteiger charge is 2.45. The third-order valence-electron chi connectivity index (χ3n) is 5.61. The van der Waals surface area contributed by atoms with Crippen molar-refractivity contribution in [2.24, 2.45) is 17.0 Å². The summed E-state index contributed by atoms with van der Waals surface area (Å²) >= 11 is 0. The molecule has 0 radical (unpaired) electrons. The number of oxime groups is 1. The molecule has 2 saturated carbocycles. The van der Waals surface area contributed by atoms with Crippen molar-refractivity contribution in [3.8, 4) is 0 Å². The molecule has 3 aliphatic rings. The van der Waals surface area contributed by atoms with Crippen molar-refractivity contribution in [2.75, 3.05) is 6.61 Å². The zero-order chi connectivity index (χ0) is 14.7. The molecule has 0 bridgehead atoms. The topological polar surface area (TPSA) is 47.9 Å². The summed E-state index contributed by atoms with van der Waals surface area (Å²) in [6.45, 7) is 2.22. The zero-order valence-corrected chi connectivity index (χ0v) is 13.1. The Labute approximate surface area is 127 Å². The third-order valence-corrected chi connectivity index (χ3v) is 5.61. The van der Waals surface area contributed by atoms with E-state index < -0.39 is 0 Å². The molecule has 4 heteroatoms. The standard InChI is InChI=1S/C17H27NO3/c1-2-20-16(19)15-12-17(21-18-15)10-8-14(9-11-17)13-6-4-3-5-7-13/h13-14H,2-12H2,1H3. The van der Waals surface area contributed by atoms with Crippen LogP contribution in [0.25, 0.3) is 0 Å². The highest BCUT2D eigenvalue weighted by atomic mass is 16.7. The molecule has 0 N–H and O–H groups in total. The second-order valence-corrected chi connectivity index (χ2v) is 6.95. The van der Waals surface area contributed by atoms with Crippen LogP contribution < -0.4 is 0 Å². The van der Waals surface area contributed by atoms with Crippen LogP contribution in [0.15, 0.2) is 5.16 Å². The molecule has 1 heterocycles. The lowest BCUT2D eigenvalue weighted by Crippen LogP contribution is -2.37. The largest absolute Gasteiger partial charge is 0.461 e. The predicted molar refractivity (Wildman–Crippen MR) is 81.0 cm³/mol. The smallest absolute Gasteiger partial charge is 0.356 e. The molecule has 1 aliphatic heterocycles. The average molecular weight is 293 g/mol. The molecule has 2 fully saturated rings. The summed E-state index contributed by atoms with van der Waals surface area (Å²) in [6.07, 6.45) is 12.3. The molecule has 21 heavy (non-hydrogen) atoms. The minimum Gasteiger partial charge on any atom is -0.461 e. The van der Waals surface area contributed by atoms with Crippen molar-refractivity contribution in [3.05, 3.63) is 0 Å². The van der Waals surface area contributed by atoms with Crippen molar-refractivity contribution in [1.29, 1.82) is 0 Å². The van der Waals surface area contributed by atoms with Crippen LogP contribution in [-0.2, 0) is 14.4 Å². The molecule has 118 valence electrons. The lowest BCUT2D eigenvalue weighted by Gasteiger charge is -2.39. The molecule has 0 unspecified atom stereocenters. The van der Waals surface area contributed by atoms with Crippen LogP contribution in [0.1, 0.15) is 71.1 Å². The minimum absolute atomic E-state index is 0.201. The highest BCUT2D eigenvalue weighted by Crippen LogP contribution is 2.45. The molecular weight excluding hydrogens is 266 g/mol. The Morgan fingerprint density at radius 2 is 1.86 bits per heavy atom. The normalized spacial score (nSPS) is 33.6. The Bertz CT molecular complexity index is 404. The molecule has 4 nitrogen and oxygen atoms in total. The molecular formula is C17H27NO3. The van der Waals surface area contributed by atoms with Gasteiger partial charge in [-0.15, -0.1) is 0 Å². The van der Waals surface area contributed by atoms with Gasteiger partial charge in [0.05, 0.1) is 6.61 Å². The van der Waals surface area contributed by atoms with Crippen LogP contribution in [0.4, 0.5) is 0 Å². The van der Waals surface area contributed by atoms with Gasteiger partial charge in [0.25, 0.3) is 0 Å². The number of hydrogen-bond acceptors (Lipinski definition) is 4. The Hall–Kier alpha value is -1.06. The summed E-state index contributed by atoms with van der Waals surface area (Å²) in [4.78, 5) is 17.4. The summed E-state index contributed by atoms with van der Waals surface area (Å²) in [5.74, 6) is 1.50. The monoisotopic (exact) mass is 293 g/mol. The molecule has 0 saturated heterocycles. The average Bonchev–Trinajstić information content (AvgIpc) is 2.93. The lowest BCUT2D eigenvalue weighted by atomic mass is 9.69. The number of carbonyl (C=O) groups is 1. The van der Waals surface area contributed by atoms with Gasteiger partial charge in [0.2, 0.25) is 0 Å². The second-order valence-electron chi connectivity index (χ2n) is 6.95. The van der Waals surface area contributed by atoms with Gasteiger partial charge in [0, 0.05) is 6.42 Å². The van der Waals surface area contributed by atoms with Crippen LogP contribution in [-0.4, -0.2) is 23.9 Å². The first-order valence-electron chi connectivity index (χ1n) is 8.64. The highest BCUT2D eigenvalue weighted by molar-refractivity contribution is 6.36. The summed E-state index contributed by atoms with van der Waals surface area (Å²) in [5, 5.41) is 4.01. The van der Waals surface area contributed by atoms with Crippen LogP contribution in [0.3, 0.4) is 0 Å². The summed E-state index contributed by atoms with van der Waals surface area (Å²) < 4.78 is 5.03. The lowest BCUT2D eigenvalue weighted by molar-refractivity contribution is -0.135. The number of rotatable bonds is 3. The van der Waals surface area contributed by atoms with E-state index in [4.69, 9.17) is 9.57 Å². The van der Waals surface area contributed by atoms with E-state index in [1.807, 2.05) is 6.92 Å². The number of nitrogens with zero attached hydrogens (tertiary/aromatic N) is 1.